The Hall–Kier alpha value is -0.433. The first kappa shape index (κ1) is 25.6. The van der Waals surface area contributed by atoms with E-state index in [2.05, 4.69) is 46.9 Å². The summed E-state index contributed by atoms with van der Waals surface area (Å²) >= 11 is 0. The van der Waals surface area contributed by atoms with Crippen molar-refractivity contribution in [1.29, 1.82) is 0 Å². The Morgan fingerprint density at radius 2 is 1.38 bits per heavy atom. The standard InChI is InChI=1S/C20H43NO4Si/c1-10-23-26(24-11-2,25-12-3)15-13-14-21-18(22)17(20(7,8)9)16-19(4,5)6/h17H,10-16H2,1-9H3,(H,21,22). The number of hydrogen-bond donors (Lipinski definition) is 1. The van der Waals surface area contributed by atoms with E-state index in [1.54, 1.807) is 0 Å². The highest BCUT2D eigenvalue weighted by molar-refractivity contribution is 6.60. The second kappa shape index (κ2) is 11.4. The molecule has 0 radical (unpaired) electrons. The first-order valence-corrected chi connectivity index (χ1v) is 12.0. The lowest BCUT2D eigenvalue weighted by Crippen LogP contribution is -2.46. The summed E-state index contributed by atoms with van der Waals surface area (Å²) in [6, 6.07) is 0.724. The van der Waals surface area contributed by atoms with Gasteiger partial charge in [0.2, 0.25) is 5.91 Å². The summed E-state index contributed by atoms with van der Waals surface area (Å²) in [4.78, 5) is 12.8. The van der Waals surface area contributed by atoms with Crippen molar-refractivity contribution in [2.75, 3.05) is 26.4 Å². The maximum atomic E-state index is 12.8. The zero-order valence-corrected chi connectivity index (χ0v) is 19.7. The van der Waals surface area contributed by atoms with Gasteiger partial charge in [0, 0.05) is 38.3 Å². The first-order chi connectivity index (χ1) is 11.9. The normalized spacial score (nSPS) is 14.3. The van der Waals surface area contributed by atoms with Crippen molar-refractivity contribution in [3.05, 3.63) is 0 Å². The second-order valence-electron chi connectivity index (χ2n) is 9.06. The van der Waals surface area contributed by atoms with E-state index in [9.17, 15) is 4.79 Å². The predicted molar refractivity (Wildman–Crippen MR) is 110 cm³/mol. The molecule has 0 aromatic rings. The Bertz CT molecular complexity index is 385. The molecule has 0 aliphatic carbocycles. The number of amides is 1. The van der Waals surface area contributed by atoms with Crippen LogP contribution in [-0.2, 0) is 18.1 Å². The average Bonchev–Trinajstić information content (AvgIpc) is 2.48. The zero-order chi connectivity index (χ0) is 20.4. The number of carbonyl (C=O) groups excluding carboxylic acids is 1. The number of rotatable bonds is 12. The first-order valence-electron chi connectivity index (χ1n) is 10.1. The molecule has 0 saturated heterocycles. The van der Waals surface area contributed by atoms with Gasteiger partial charge in [0.25, 0.3) is 0 Å². The van der Waals surface area contributed by atoms with E-state index >= 15 is 0 Å². The topological polar surface area (TPSA) is 56.8 Å². The molecule has 0 bridgehead atoms. The molecule has 0 saturated carbocycles. The monoisotopic (exact) mass is 389 g/mol. The Labute approximate surface area is 162 Å². The number of hydrogen-bond acceptors (Lipinski definition) is 4. The summed E-state index contributed by atoms with van der Waals surface area (Å²) in [6.07, 6.45) is 1.67. The fourth-order valence-corrected chi connectivity index (χ4v) is 5.66. The molecule has 0 rings (SSSR count). The largest absolute Gasteiger partial charge is 0.500 e. The van der Waals surface area contributed by atoms with Crippen molar-refractivity contribution in [3.8, 4) is 0 Å². The van der Waals surface area contributed by atoms with E-state index in [1.807, 2.05) is 20.8 Å². The Morgan fingerprint density at radius 3 is 1.73 bits per heavy atom. The molecular formula is C20H43NO4Si. The molecule has 26 heavy (non-hydrogen) atoms. The van der Waals surface area contributed by atoms with Crippen LogP contribution in [0.15, 0.2) is 0 Å². The minimum absolute atomic E-state index is 0.00447. The van der Waals surface area contributed by atoms with Gasteiger partial charge >= 0.3 is 8.80 Å². The molecule has 0 fully saturated rings. The Kier molecular flexibility index (Phi) is 11.2. The maximum absolute atomic E-state index is 12.8. The molecule has 0 aromatic carbocycles. The highest BCUT2D eigenvalue weighted by Crippen LogP contribution is 2.36. The summed E-state index contributed by atoms with van der Waals surface area (Å²) < 4.78 is 17.6. The molecule has 1 amide bonds. The number of carbonyl (C=O) groups is 1. The van der Waals surface area contributed by atoms with Crippen LogP contribution >= 0.6 is 0 Å². The minimum Gasteiger partial charge on any atom is -0.374 e. The average molecular weight is 390 g/mol. The fraction of sp³-hybridized carbons (Fsp3) is 0.950. The van der Waals surface area contributed by atoms with E-state index in [0.717, 1.165) is 18.9 Å². The molecule has 1 atom stereocenters. The quantitative estimate of drug-likeness (QED) is 0.390. The van der Waals surface area contributed by atoms with Gasteiger partial charge in [0.1, 0.15) is 0 Å². The van der Waals surface area contributed by atoms with Crippen molar-refractivity contribution in [2.45, 2.75) is 81.2 Å². The van der Waals surface area contributed by atoms with Crippen LogP contribution in [0.3, 0.4) is 0 Å². The van der Waals surface area contributed by atoms with Gasteiger partial charge in [-0.15, -0.1) is 0 Å². The second-order valence-corrected chi connectivity index (χ2v) is 11.8. The van der Waals surface area contributed by atoms with Gasteiger partial charge in [-0.2, -0.15) is 0 Å². The van der Waals surface area contributed by atoms with Gasteiger partial charge in [-0.3, -0.25) is 4.79 Å². The van der Waals surface area contributed by atoms with Crippen LogP contribution in [0.25, 0.3) is 0 Å². The fourth-order valence-electron chi connectivity index (χ4n) is 3.05. The molecule has 5 nitrogen and oxygen atoms in total. The lowest BCUT2D eigenvalue weighted by atomic mass is 9.71. The highest BCUT2D eigenvalue weighted by Gasteiger charge is 2.40. The van der Waals surface area contributed by atoms with Crippen molar-refractivity contribution in [2.24, 2.45) is 16.7 Å². The van der Waals surface area contributed by atoms with Gasteiger partial charge in [-0.1, -0.05) is 41.5 Å². The molecule has 1 unspecified atom stereocenters. The van der Waals surface area contributed by atoms with Crippen LogP contribution in [0.5, 0.6) is 0 Å². The van der Waals surface area contributed by atoms with Crippen molar-refractivity contribution < 1.29 is 18.1 Å². The van der Waals surface area contributed by atoms with E-state index in [0.29, 0.717) is 26.4 Å². The molecule has 1 N–H and O–H groups in total. The summed E-state index contributed by atoms with van der Waals surface area (Å²) in [5.41, 5.74) is 0.0636. The number of nitrogens with one attached hydrogen (secondary N) is 1. The molecule has 6 heteroatoms. The Balaban J connectivity index is 4.72. The van der Waals surface area contributed by atoms with Crippen molar-refractivity contribution in [1.82, 2.24) is 5.32 Å². The predicted octanol–water partition coefficient (Wildman–Crippen LogP) is 4.64. The van der Waals surface area contributed by atoms with Crippen LogP contribution in [0.4, 0.5) is 0 Å². The van der Waals surface area contributed by atoms with Crippen molar-refractivity contribution >= 4 is 14.7 Å². The van der Waals surface area contributed by atoms with Crippen LogP contribution in [-0.4, -0.2) is 41.1 Å². The minimum atomic E-state index is -2.62. The SMILES string of the molecule is CCO[Si](CCCNC(=O)C(CC(C)(C)C)C(C)(C)C)(OCC)OCC. The molecule has 0 heterocycles. The third kappa shape index (κ3) is 10.0. The van der Waals surface area contributed by atoms with Crippen molar-refractivity contribution in [3.63, 3.8) is 0 Å². The summed E-state index contributed by atoms with van der Waals surface area (Å²) in [5.74, 6) is 0.138. The van der Waals surface area contributed by atoms with E-state index < -0.39 is 8.80 Å². The third-order valence-electron chi connectivity index (χ3n) is 4.23. The molecular weight excluding hydrogens is 346 g/mol. The summed E-state index contributed by atoms with van der Waals surface area (Å²) in [6.45, 7) is 21.2. The van der Waals surface area contributed by atoms with Gasteiger partial charge in [0.05, 0.1) is 0 Å². The lowest BCUT2D eigenvalue weighted by Gasteiger charge is -2.34. The van der Waals surface area contributed by atoms with E-state index in [1.165, 1.54) is 0 Å². The van der Waals surface area contributed by atoms with Crippen LogP contribution in [0.1, 0.15) is 75.2 Å². The van der Waals surface area contributed by atoms with Gasteiger partial charge in [-0.05, 0) is 44.4 Å². The van der Waals surface area contributed by atoms with Crippen LogP contribution < -0.4 is 5.32 Å². The molecule has 0 spiro atoms. The third-order valence-corrected chi connectivity index (χ3v) is 7.38. The lowest BCUT2D eigenvalue weighted by molar-refractivity contribution is -0.129. The maximum Gasteiger partial charge on any atom is 0.500 e. The zero-order valence-electron chi connectivity index (χ0n) is 18.7. The van der Waals surface area contributed by atoms with Gasteiger partial charge < -0.3 is 18.6 Å². The van der Waals surface area contributed by atoms with Crippen LogP contribution in [0, 0.1) is 16.7 Å². The summed E-state index contributed by atoms with van der Waals surface area (Å²) in [7, 11) is -2.62. The molecule has 156 valence electrons. The Morgan fingerprint density at radius 1 is 0.923 bits per heavy atom. The van der Waals surface area contributed by atoms with E-state index in [4.69, 9.17) is 13.3 Å². The van der Waals surface area contributed by atoms with E-state index in [-0.39, 0.29) is 22.7 Å². The molecule has 0 aliphatic rings. The smallest absolute Gasteiger partial charge is 0.374 e. The summed E-state index contributed by atoms with van der Waals surface area (Å²) in [5, 5.41) is 3.13. The molecule has 0 aliphatic heterocycles. The highest BCUT2D eigenvalue weighted by atomic mass is 28.4. The van der Waals surface area contributed by atoms with Gasteiger partial charge in [-0.25, -0.2) is 0 Å². The van der Waals surface area contributed by atoms with Crippen LogP contribution in [0.2, 0.25) is 6.04 Å². The molecule has 0 aromatic heterocycles. The van der Waals surface area contributed by atoms with Gasteiger partial charge in [0.15, 0.2) is 0 Å².